The van der Waals surface area contributed by atoms with E-state index in [-0.39, 0.29) is 30.3 Å². The summed E-state index contributed by atoms with van der Waals surface area (Å²) in [7, 11) is 0. The van der Waals surface area contributed by atoms with Crippen molar-refractivity contribution in [1.29, 1.82) is 0 Å². The van der Waals surface area contributed by atoms with Crippen LogP contribution in [-0.2, 0) is 14.3 Å². The van der Waals surface area contributed by atoms with Gasteiger partial charge in [0.15, 0.2) is 0 Å². The maximum Gasteiger partial charge on any atom is 0.408 e. The summed E-state index contributed by atoms with van der Waals surface area (Å²) in [6.07, 6.45) is 3.98. The van der Waals surface area contributed by atoms with E-state index in [4.69, 9.17) is 4.74 Å². The van der Waals surface area contributed by atoms with Gasteiger partial charge >= 0.3 is 12.1 Å². The van der Waals surface area contributed by atoms with Crippen LogP contribution in [0.2, 0.25) is 0 Å². The van der Waals surface area contributed by atoms with Gasteiger partial charge in [0, 0.05) is 12.5 Å². The van der Waals surface area contributed by atoms with Crippen LogP contribution < -0.4 is 10.6 Å². The molecule has 0 aromatic heterocycles. The first-order valence-corrected chi connectivity index (χ1v) is 12.0. The van der Waals surface area contributed by atoms with E-state index in [9.17, 15) is 19.5 Å². The molecule has 5 rings (SSSR count). The fourth-order valence-corrected chi connectivity index (χ4v) is 5.62. The number of rotatable bonds is 8. The molecule has 0 spiro atoms. The fourth-order valence-electron chi connectivity index (χ4n) is 5.62. The van der Waals surface area contributed by atoms with Crippen molar-refractivity contribution in [3.05, 3.63) is 59.7 Å². The van der Waals surface area contributed by atoms with Crippen LogP contribution in [0.1, 0.15) is 62.0 Å². The number of amides is 2. The number of hydrogen-bond donors (Lipinski definition) is 3. The monoisotopic (exact) mass is 462 g/mol. The summed E-state index contributed by atoms with van der Waals surface area (Å²) in [5, 5.41) is 15.0. The number of fused-ring (bicyclic) bond motifs is 3. The van der Waals surface area contributed by atoms with Crippen LogP contribution in [0, 0.1) is 5.41 Å². The molecule has 2 fully saturated rings. The second-order valence-corrected chi connectivity index (χ2v) is 9.99. The van der Waals surface area contributed by atoms with E-state index >= 15 is 0 Å². The molecule has 178 valence electrons. The van der Waals surface area contributed by atoms with Gasteiger partial charge in [0.25, 0.3) is 0 Å². The lowest BCUT2D eigenvalue weighted by Gasteiger charge is -2.44. The van der Waals surface area contributed by atoms with Gasteiger partial charge in [-0.05, 0) is 59.8 Å². The number of ether oxygens (including phenoxy) is 1. The standard InChI is InChI=1S/C27H30N2O5/c30-23(31)15-26(11-5-12-26)17-28-24(32)27(13-6-14-27)29-25(33)34-16-22-20-9-3-1-7-18(20)19-8-2-4-10-21(19)22/h1-4,7-10,22H,5-6,11-17H2,(H,28,32)(H,29,33)(H,30,31). The van der Waals surface area contributed by atoms with Crippen molar-refractivity contribution in [2.45, 2.75) is 56.4 Å². The number of benzene rings is 2. The van der Waals surface area contributed by atoms with Crippen LogP contribution in [-0.4, -0.2) is 41.8 Å². The molecular weight excluding hydrogens is 432 g/mol. The van der Waals surface area contributed by atoms with E-state index in [2.05, 4.69) is 34.9 Å². The first-order valence-electron chi connectivity index (χ1n) is 12.0. The topological polar surface area (TPSA) is 105 Å². The minimum absolute atomic E-state index is 0.0428. The molecule has 2 aromatic carbocycles. The van der Waals surface area contributed by atoms with Gasteiger partial charge in [0.1, 0.15) is 12.1 Å². The maximum absolute atomic E-state index is 13.0. The van der Waals surface area contributed by atoms with Crippen LogP contribution in [0.5, 0.6) is 0 Å². The minimum Gasteiger partial charge on any atom is -0.481 e. The Balaban J connectivity index is 1.20. The van der Waals surface area contributed by atoms with E-state index in [0.717, 1.165) is 47.9 Å². The van der Waals surface area contributed by atoms with E-state index in [0.29, 0.717) is 19.4 Å². The molecule has 0 radical (unpaired) electrons. The van der Waals surface area contributed by atoms with Crippen molar-refractivity contribution in [2.24, 2.45) is 5.41 Å². The third-order valence-electron chi connectivity index (χ3n) is 7.89. The van der Waals surface area contributed by atoms with E-state index in [1.165, 1.54) is 0 Å². The lowest BCUT2D eigenvalue weighted by molar-refractivity contribution is -0.142. The van der Waals surface area contributed by atoms with Crippen molar-refractivity contribution in [1.82, 2.24) is 10.6 Å². The predicted octanol–water partition coefficient (Wildman–Crippen LogP) is 4.21. The summed E-state index contributed by atoms with van der Waals surface area (Å²) in [5.41, 5.74) is 3.25. The molecule has 0 aliphatic heterocycles. The smallest absolute Gasteiger partial charge is 0.408 e. The number of carboxylic acid groups (broad SMARTS) is 1. The zero-order chi connectivity index (χ0) is 23.8. The average molecular weight is 463 g/mol. The molecule has 7 heteroatoms. The Labute approximate surface area is 198 Å². The molecule has 3 aliphatic carbocycles. The van der Waals surface area contributed by atoms with E-state index < -0.39 is 17.6 Å². The lowest BCUT2D eigenvalue weighted by Crippen LogP contribution is -2.64. The molecule has 0 saturated heterocycles. The number of hydrogen-bond acceptors (Lipinski definition) is 4. The van der Waals surface area contributed by atoms with Gasteiger partial charge in [-0.3, -0.25) is 9.59 Å². The first-order chi connectivity index (χ1) is 16.4. The van der Waals surface area contributed by atoms with E-state index in [1.54, 1.807) is 0 Å². The van der Waals surface area contributed by atoms with Crippen molar-refractivity contribution < 1.29 is 24.2 Å². The van der Waals surface area contributed by atoms with Crippen LogP contribution in [0.4, 0.5) is 4.79 Å². The number of carbonyl (C=O) groups excluding carboxylic acids is 2. The number of carboxylic acids is 1. The molecule has 0 heterocycles. The number of alkyl carbamates (subject to hydrolysis) is 1. The van der Waals surface area contributed by atoms with Gasteiger partial charge in [-0.2, -0.15) is 0 Å². The highest BCUT2D eigenvalue weighted by atomic mass is 16.5. The maximum atomic E-state index is 13.0. The molecule has 0 atom stereocenters. The number of aliphatic carboxylic acids is 1. The Morgan fingerprint density at radius 2 is 1.50 bits per heavy atom. The lowest BCUT2D eigenvalue weighted by atomic mass is 9.66. The summed E-state index contributed by atoms with van der Waals surface area (Å²) >= 11 is 0. The molecule has 0 bridgehead atoms. The summed E-state index contributed by atoms with van der Waals surface area (Å²) in [6.45, 7) is 0.519. The summed E-state index contributed by atoms with van der Waals surface area (Å²) in [4.78, 5) is 37.0. The minimum atomic E-state index is -0.975. The predicted molar refractivity (Wildman–Crippen MR) is 126 cm³/mol. The molecule has 0 unspecified atom stereocenters. The van der Waals surface area contributed by atoms with Crippen molar-refractivity contribution >= 4 is 18.0 Å². The van der Waals surface area contributed by atoms with Crippen molar-refractivity contribution in [3.8, 4) is 11.1 Å². The summed E-state index contributed by atoms with van der Waals surface area (Å²) in [5.74, 6) is -1.13. The van der Waals surface area contributed by atoms with Crippen LogP contribution in [0.15, 0.2) is 48.5 Å². The second-order valence-electron chi connectivity index (χ2n) is 9.99. The highest BCUT2D eigenvalue weighted by Crippen LogP contribution is 2.45. The zero-order valence-corrected chi connectivity index (χ0v) is 19.1. The quantitative estimate of drug-likeness (QED) is 0.545. The van der Waals surface area contributed by atoms with Crippen LogP contribution >= 0.6 is 0 Å². The Kier molecular flexibility index (Phi) is 5.80. The molecule has 34 heavy (non-hydrogen) atoms. The Bertz CT molecular complexity index is 1070. The molecule has 2 aromatic rings. The summed E-state index contributed by atoms with van der Waals surface area (Å²) in [6, 6.07) is 16.3. The third-order valence-corrected chi connectivity index (χ3v) is 7.89. The molecule has 3 N–H and O–H groups in total. The van der Waals surface area contributed by atoms with Gasteiger partial charge in [-0.1, -0.05) is 55.0 Å². The highest BCUT2D eigenvalue weighted by Gasteiger charge is 2.47. The highest BCUT2D eigenvalue weighted by molar-refractivity contribution is 5.91. The Morgan fingerprint density at radius 3 is 2.00 bits per heavy atom. The number of nitrogens with one attached hydrogen (secondary N) is 2. The van der Waals surface area contributed by atoms with Crippen molar-refractivity contribution in [3.63, 3.8) is 0 Å². The molecule has 2 amide bonds. The second kappa shape index (κ2) is 8.78. The summed E-state index contributed by atoms with van der Waals surface area (Å²) < 4.78 is 5.64. The van der Waals surface area contributed by atoms with Gasteiger partial charge in [0.05, 0.1) is 6.42 Å². The molecule has 2 saturated carbocycles. The average Bonchev–Trinajstić information content (AvgIpc) is 3.10. The van der Waals surface area contributed by atoms with E-state index in [1.807, 2.05) is 24.3 Å². The third kappa shape index (κ3) is 4.04. The number of carbonyl (C=O) groups is 3. The first kappa shape index (κ1) is 22.4. The Morgan fingerprint density at radius 1 is 0.912 bits per heavy atom. The van der Waals surface area contributed by atoms with Crippen LogP contribution in [0.3, 0.4) is 0 Å². The van der Waals surface area contributed by atoms with Gasteiger partial charge in [-0.25, -0.2) is 4.79 Å². The van der Waals surface area contributed by atoms with Gasteiger partial charge in [0.2, 0.25) is 5.91 Å². The van der Waals surface area contributed by atoms with Crippen LogP contribution in [0.25, 0.3) is 11.1 Å². The van der Waals surface area contributed by atoms with Gasteiger partial charge < -0.3 is 20.5 Å². The normalized spacial score (nSPS) is 19.1. The SMILES string of the molecule is O=C(O)CC1(CNC(=O)C2(NC(=O)OCC3c4ccccc4-c4ccccc43)CCC2)CCC1. The largest absolute Gasteiger partial charge is 0.481 e. The molecule has 3 aliphatic rings. The molecule has 7 nitrogen and oxygen atoms in total. The van der Waals surface area contributed by atoms with Crippen molar-refractivity contribution in [2.75, 3.05) is 13.2 Å². The fraction of sp³-hybridized carbons (Fsp3) is 0.444. The molecular formula is C27H30N2O5. The van der Waals surface area contributed by atoms with Gasteiger partial charge in [-0.15, -0.1) is 0 Å². The Hall–Kier alpha value is -3.35. The zero-order valence-electron chi connectivity index (χ0n) is 19.1.